The number of alkyl halides is 3. The van der Waals surface area contributed by atoms with Crippen LogP contribution in [0.1, 0.15) is 5.56 Å². The Morgan fingerprint density at radius 1 is 1.24 bits per heavy atom. The van der Waals surface area contributed by atoms with Crippen LogP contribution in [0.2, 0.25) is 0 Å². The van der Waals surface area contributed by atoms with Gasteiger partial charge >= 0.3 is 6.18 Å². The summed E-state index contributed by atoms with van der Waals surface area (Å²) in [7, 11) is 0. The molecular weight excluding hydrogens is 317 g/mol. The van der Waals surface area contributed by atoms with Crippen molar-refractivity contribution in [2.24, 2.45) is 0 Å². The van der Waals surface area contributed by atoms with E-state index in [1.54, 1.807) is 6.07 Å². The van der Waals surface area contributed by atoms with Gasteiger partial charge in [-0.3, -0.25) is 0 Å². The number of benzene rings is 1. The molecule has 0 spiro atoms. The molecule has 2 N–H and O–H groups in total. The second kappa shape index (κ2) is 4.30. The highest BCUT2D eigenvalue weighted by Gasteiger charge is 2.31. The first-order valence-corrected chi connectivity index (χ1v) is 6.06. The lowest BCUT2D eigenvalue weighted by Crippen LogP contribution is -2.04. The molecule has 2 rings (SSSR count). The van der Waals surface area contributed by atoms with Gasteiger partial charge in [0.25, 0.3) is 0 Å². The minimum atomic E-state index is -4.37. The van der Waals surface area contributed by atoms with E-state index in [9.17, 15) is 13.2 Å². The molecule has 0 fully saturated rings. The van der Waals surface area contributed by atoms with Crippen LogP contribution < -0.4 is 5.73 Å². The molecule has 0 atom stereocenters. The van der Waals surface area contributed by atoms with Gasteiger partial charge in [0.2, 0.25) is 0 Å². The van der Waals surface area contributed by atoms with Gasteiger partial charge in [-0.1, -0.05) is 27.3 Å². The summed E-state index contributed by atoms with van der Waals surface area (Å²) < 4.78 is 38.2. The van der Waals surface area contributed by atoms with E-state index < -0.39 is 11.7 Å². The number of thiazole rings is 1. The second-order valence-corrected chi connectivity index (χ2v) is 5.27. The van der Waals surface area contributed by atoms with Gasteiger partial charge in [-0.05, 0) is 23.8 Å². The largest absolute Gasteiger partial charge is 0.416 e. The highest BCUT2D eigenvalue weighted by molar-refractivity contribution is 9.10. The minimum Gasteiger partial charge on any atom is -0.375 e. The zero-order valence-corrected chi connectivity index (χ0v) is 10.7. The third-order valence-electron chi connectivity index (χ3n) is 2.03. The van der Waals surface area contributed by atoms with Gasteiger partial charge in [-0.15, -0.1) is 0 Å². The van der Waals surface area contributed by atoms with Gasteiger partial charge in [0.15, 0.2) is 5.13 Å². The van der Waals surface area contributed by atoms with E-state index in [0.717, 1.165) is 23.5 Å². The van der Waals surface area contributed by atoms with E-state index in [0.29, 0.717) is 20.0 Å². The average Bonchev–Trinajstić information content (AvgIpc) is 2.62. The lowest BCUT2D eigenvalue weighted by atomic mass is 10.1. The molecule has 0 saturated carbocycles. The lowest BCUT2D eigenvalue weighted by Gasteiger charge is -2.08. The van der Waals surface area contributed by atoms with E-state index in [-0.39, 0.29) is 0 Å². The summed E-state index contributed by atoms with van der Waals surface area (Å²) in [6.07, 6.45) is -2.91. The molecular formula is C10H6BrF3N2S. The first-order valence-electron chi connectivity index (χ1n) is 4.46. The number of aromatic nitrogens is 1. The van der Waals surface area contributed by atoms with Crippen molar-refractivity contribution in [3.05, 3.63) is 34.4 Å². The van der Waals surface area contributed by atoms with Crippen LogP contribution in [0.15, 0.2) is 28.9 Å². The van der Waals surface area contributed by atoms with Crippen LogP contribution in [0.5, 0.6) is 0 Å². The van der Waals surface area contributed by atoms with Crippen LogP contribution in [-0.4, -0.2) is 4.98 Å². The number of rotatable bonds is 1. The number of halogens is 4. The maximum atomic E-state index is 12.6. The first kappa shape index (κ1) is 12.4. The summed E-state index contributed by atoms with van der Waals surface area (Å²) in [5, 5.41) is 0.327. The van der Waals surface area contributed by atoms with Gasteiger partial charge < -0.3 is 5.73 Å². The van der Waals surface area contributed by atoms with Gasteiger partial charge in [0.1, 0.15) is 0 Å². The summed E-state index contributed by atoms with van der Waals surface area (Å²) in [6.45, 7) is 0. The molecule has 0 aliphatic heterocycles. The molecule has 0 bridgehead atoms. The van der Waals surface area contributed by atoms with E-state index in [1.165, 1.54) is 6.20 Å². The Bertz CT molecular complexity index is 551. The van der Waals surface area contributed by atoms with Crippen LogP contribution >= 0.6 is 27.3 Å². The molecule has 0 saturated heterocycles. The molecule has 1 aromatic carbocycles. The number of hydrogen-bond acceptors (Lipinski definition) is 3. The van der Waals surface area contributed by atoms with E-state index in [4.69, 9.17) is 5.73 Å². The predicted molar refractivity (Wildman–Crippen MR) is 64.7 cm³/mol. The van der Waals surface area contributed by atoms with Crippen molar-refractivity contribution in [3.8, 4) is 10.4 Å². The smallest absolute Gasteiger partial charge is 0.375 e. The fourth-order valence-corrected chi connectivity index (χ4v) is 2.48. The monoisotopic (exact) mass is 322 g/mol. The summed E-state index contributed by atoms with van der Waals surface area (Å²) in [5.74, 6) is 0. The summed E-state index contributed by atoms with van der Waals surface area (Å²) in [5.41, 5.74) is 5.20. The quantitative estimate of drug-likeness (QED) is 0.855. The predicted octanol–water partition coefficient (Wildman–Crippen LogP) is 4.17. The van der Waals surface area contributed by atoms with E-state index in [1.807, 2.05) is 0 Å². The average molecular weight is 323 g/mol. The van der Waals surface area contributed by atoms with Crippen molar-refractivity contribution in [2.75, 3.05) is 5.73 Å². The maximum absolute atomic E-state index is 12.6. The highest BCUT2D eigenvalue weighted by atomic mass is 79.9. The Morgan fingerprint density at radius 2 is 1.94 bits per heavy atom. The number of nitrogen functional groups attached to an aromatic ring is 1. The van der Waals surface area contributed by atoms with Crippen molar-refractivity contribution in [2.45, 2.75) is 6.18 Å². The number of nitrogens with zero attached hydrogens (tertiary/aromatic N) is 1. The third-order valence-corrected chi connectivity index (χ3v) is 3.37. The zero-order chi connectivity index (χ0) is 12.6. The summed E-state index contributed by atoms with van der Waals surface area (Å²) >= 11 is 4.21. The lowest BCUT2D eigenvalue weighted by molar-refractivity contribution is -0.137. The van der Waals surface area contributed by atoms with E-state index in [2.05, 4.69) is 20.9 Å². The molecule has 0 radical (unpaired) electrons. The molecule has 90 valence electrons. The van der Waals surface area contributed by atoms with Crippen LogP contribution in [0.25, 0.3) is 10.4 Å². The molecule has 1 aromatic heterocycles. The maximum Gasteiger partial charge on any atom is 0.416 e. The zero-order valence-electron chi connectivity index (χ0n) is 8.25. The topological polar surface area (TPSA) is 38.9 Å². The SMILES string of the molecule is Nc1ncc(-c2cc(Br)cc(C(F)(F)F)c2)s1. The van der Waals surface area contributed by atoms with E-state index >= 15 is 0 Å². The van der Waals surface area contributed by atoms with Crippen LogP contribution in [0.3, 0.4) is 0 Å². The van der Waals surface area contributed by atoms with Crippen molar-refractivity contribution >= 4 is 32.4 Å². The summed E-state index contributed by atoms with van der Waals surface area (Å²) in [6, 6.07) is 3.72. The number of hydrogen-bond donors (Lipinski definition) is 1. The third kappa shape index (κ3) is 2.78. The van der Waals surface area contributed by atoms with Crippen molar-refractivity contribution < 1.29 is 13.2 Å². The van der Waals surface area contributed by atoms with Gasteiger partial charge in [0, 0.05) is 10.7 Å². The van der Waals surface area contributed by atoms with Crippen LogP contribution in [0.4, 0.5) is 18.3 Å². The van der Waals surface area contributed by atoms with Crippen LogP contribution in [-0.2, 0) is 6.18 Å². The summed E-state index contributed by atoms with van der Waals surface area (Å²) in [4.78, 5) is 4.42. The molecule has 2 aromatic rings. The van der Waals surface area contributed by atoms with Gasteiger partial charge in [-0.25, -0.2) is 4.98 Å². The molecule has 0 unspecified atom stereocenters. The standard InChI is InChI=1S/C10H6BrF3N2S/c11-7-2-5(8-4-16-9(15)17-8)1-6(3-7)10(12,13)14/h1-4H,(H2,15,16). The molecule has 0 aliphatic rings. The Labute approximate surface area is 107 Å². The molecule has 0 aliphatic carbocycles. The molecule has 7 heteroatoms. The second-order valence-electron chi connectivity index (χ2n) is 3.29. The Hall–Kier alpha value is -1.08. The van der Waals surface area contributed by atoms with Crippen molar-refractivity contribution in [3.63, 3.8) is 0 Å². The minimum absolute atomic E-state index is 0.327. The molecule has 0 amide bonds. The Kier molecular flexibility index (Phi) is 3.13. The Morgan fingerprint density at radius 3 is 2.47 bits per heavy atom. The molecule has 17 heavy (non-hydrogen) atoms. The highest BCUT2D eigenvalue weighted by Crippen LogP contribution is 2.36. The molecule has 2 nitrogen and oxygen atoms in total. The number of nitrogens with two attached hydrogens (primary N) is 1. The normalized spacial score (nSPS) is 11.8. The van der Waals surface area contributed by atoms with Gasteiger partial charge in [0.05, 0.1) is 10.4 Å². The van der Waals surface area contributed by atoms with Crippen LogP contribution in [0, 0.1) is 0 Å². The number of anilines is 1. The van der Waals surface area contributed by atoms with Crippen molar-refractivity contribution in [1.29, 1.82) is 0 Å². The van der Waals surface area contributed by atoms with Gasteiger partial charge in [-0.2, -0.15) is 13.2 Å². The fraction of sp³-hybridized carbons (Fsp3) is 0.100. The fourth-order valence-electron chi connectivity index (χ4n) is 1.32. The molecule has 1 heterocycles. The Balaban J connectivity index is 2.52. The first-order chi connectivity index (χ1) is 7.86. The van der Waals surface area contributed by atoms with Crippen molar-refractivity contribution in [1.82, 2.24) is 4.98 Å².